The molecule has 0 saturated heterocycles. The largest absolute Gasteiger partial charge is 0.494 e. The third-order valence-corrected chi connectivity index (χ3v) is 5.67. The molecular formula is C24H18ClN5O3. The van der Waals surface area contributed by atoms with Gasteiger partial charge < -0.3 is 9.72 Å². The number of ether oxygens (including phenoxy) is 1. The van der Waals surface area contributed by atoms with E-state index in [-0.39, 0.29) is 23.8 Å². The Labute approximate surface area is 193 Å². The zero-order valence-electron chi connectivity index (χ0n) is 17.6. The number of nitrogens with one attached hydrogen (secondary N) is 2. The van der Waals surface area contributed by atoms with E-state index in [9.17, 15) is 9.59 Å². The predicted octanol–water partition coefficient (Wildman–Crippen LogP) is 4.96. The SMILES string of the molecule is COc1c(Cl)ccc2cc(C(=O)Nc3nc4c(C(=O)CC5=NC=CC5)cccc4[nH]3)ncc12. The van der Waals surface area contributed by atoms with E-state index in [1.807, 2.05) is 6.08 Å². The number of hydrogen-bond donors (Lipinski definition) is 2. The number of anilines is 1. The standard InChI is InChI=1S/C24H18ClN5O3/c1-33-22-16-12-27-19(10-13(16)7-8-17(22)25)23(32)30-24-28-18-6-2-5-15(21(18)29-24)20(31)11-14-4-3-9-26-14/h2-3,5-10,12H,4,11H2,1H3,(H2,28,29,30,32). The van der Waals surface area contributed by atoms with Gasteiger partial charge in [-0.15, -0.1) is 0 Å². The number of imidazole rings is 1. The summed E-state index contributed by atoms with van der Waals surface area (Å²) >= 11 is 6.16. The third kappa shape index (κ3) is 3.96. The van der Waals surface area contributed by atoms with Gasteiger partial charge in [0, 0.05) is 41.9 Å². The molecule has 2 aromatic heterocycles. The van der Waals surface area contributed by atoms with Crippen LogP contribution < -0.4 is 10.1 Å². The van der Waals surface area contributed by atoms with Crippen LogP contribution in [0.5, 0.6) is 5.75 Å². The van der Waals surface area contributed by atoms with E-state index < -0.39 is 5.91 Å². The van der Waals surface area contributed by atoms with Crippen LogP contribution in [0.2, 0.25) is 5.02 Å². The lowest BCUT2D eigenvalue weighted by molar-refractivity contribution is 0.0998. The van der Waals surface area contributed by atoms with Crippen molar-refractivity contribution in [2.45, 2.75) is 12.8 Å². The summed E-state index contributed by atoms with van der Waals surface area (Å²) in [5, 5.41) is 4.65. The molecule has 9 heteroatoms. The summed E-state index contributed by atoms with van der Waals surface area (Å²) < 4.78 is 5.33. The molecule has 8 nitrogen and oxygen atoms in total. The van der Waals surface area contributed by atoms with E-state index in [2.05, 4.69) is 25.3 Å². The number of hydrogen-bond acceptors (Lipinski definition) is 6. The number of rotatable bonds is 6. The van der Waals surface area contributed by atoms with Gasteiger partial charge in [-0.3, -0.25) is 24.9 Å². The van der Waals surface area contributed by atoms with Crippen LogP contribution >= 0.6 is 11.6 Å². The summed E-state index contributed by atoms with van der Waals surface area (Å²) in [7, 11) is 1.53. The van der Waals surface area contributed by atoms with Crippen molar-refractivity contribution in [3.63, 3.8) is 0 Å². The number of carbonyl (C=O) groups excluding carboxylic acids is 2. The molecule has 2 N–H and O–H groups in total. The summed E-state index contributed by atoms with van der Waals surface area (Å²) in [5.74, 6) is 0.216. The molecule has 0 spiro atoms. The van der Waals surface area contributed by atoms with Crippen LogP contribution in [-0.2, 0) is 0 Å². The van der Waals surface area contributed by atoms with Gasteiger partial charge in [0.25, 0.3) is 5.91 Å². The number of aromatic amines is 1. The molecule has 0 saturated carbocycles. The van der Waals surface area contributed by atoms with Crippen LogP contribution in [0.25, 0.3) is 21.8 Å². The molecule has 5 rings (SSSR count). The van der Waals surface area contributed by atoms with Crippen LogP contribution in [0.4, 0.5) is 5.95 Å². The fourth-order valence-corrected chi connectivity index (χ4v) is 4.03. The Balaban J connectivity index is 1.40. The van der Waals surface area contributed by atoms with Crippen molar-refractivity contribution in [1.29, 1.82) is 0 Å². The van der Waals surface area contributed by atoms with Crippen molar-refractivity contribution in [2.75, 3.05) is 12.4 Å². The van der Waals surface area contributed by atoms with Gasteiger partial charge >= 0.3 is 0 Å². The number of nitrogens with zero attached hydrogens (tertiary/aromatic N) is 3. The fourth-order valence-electron chi connectivity index (χ4n) is 3.78. The first-order chi connectivity index (χ1) is 16.0. The molecule has 164 valence electrons. The Morgan fingerprint density at radius 1 is 1.24 bits per heavy atom. The van der Waals surface area contributed by atoms with Crippen LogP contribution in [0.3, 0.4) is 0 Å². The Morgan fingerprint density at radius 3 is 2.91 bits per heavy atom. The highest BCUT2D eigenvalue weighted by Crippen LogP contribution is 2.33. The number of aromatic nitrogens is 3. The maximum absolute atomic E-state index is 12.8. The minimum absolute atomic E-state index is 0.0729. The lowest BCUT2D eigenvalue weighted by Gasteiger charge is -2.08. The van der Waals surface area contributed by atoms with Crippen molar-refractivity contribution in [3.05, 3.63) is 71.2 Å². The molecule has 1 aliphatic heterocycles. The van der Waals surface area contributed by atoms with Gasteiger partial charge in [-0.1, -0.05) is 29.8 Å². The Morgan fingerprint density at radius 2 is 2.12 bits per heavy atom. The lowest BCUT2D eigenvalue weighted by atomic mass is 10.0. The first-order valence-corrected chi connectivity index (χ1v) is 10.6. The molecule has 3 heterocycles. The number of para-hydroxylation sites is 1. The predicted molar refractivity (Wildman–Crippen MR) is 127 cm³/mol. The number of aliphatic imine (C=N–C) groups is 1. The minimum atomic E-state index is -0.441. The quantitative estimate of drug-likeness (QED) is 0.396. The molecule has 0 radical (unpaired) electrons. The van der Waals surface area contributed by atoms with Gasteiger partial charge in [0.1, 0.15) is 17.0 Å². The Hall–Kier alpha value is -4.04. The average molecular weight is 460 g/mol. The first-order valence-electron chi connectivity index (χ1n) is 10.2. The average Bonchev–Trinajstić information content (AvgIpc) is 3.47. The first kappa shape index (κ1) is 20.8. The van der Waals surface area contributed by atoms with E-state index in [4.69, 9.17) is 16.3 Å². The molecule has 0 bridgehead atoms. The van der Waals surface area contributed by atoms with Gasteiger partial charge in [-0.25, -0.2) is 4.98 Å². The van der Waals surface area contributed by atoms with E-state index >= 15 is 0 Å². The number of carbonyl (C=O) groups is 2. The van der Waals surface area contributed by atoms with Crippen molar-refractivity contribution in [2.24, 2.45) is 4.99 Å². The van der Waals surface area contributed by atoms with Crippen molar-refractivity contribution in [1.82, 2.24) is 15.0 Å². The second-order valence-electron chi connectivity index (χ2n) is 7.50. The van der Waals surface area contributed by atoms with Crippen LogP contribution in [-0.4, -0.2) is 39.5 Å². The van der Waals surface area contributed by atoms with E-state index in [0.29, 0.717) is 39.2 Å². The van der Waals surface area contributed by atoms with Gasteiger partial charge in [0.2, 0.25) is 5.95 Å². The smallest absolute Gasteiger partial charge is 0.276 e. The molecule has 1 aliphatic rings. The molecule has 0 aliphatic carbocycles. The summed E-state index contributed by atoms with van der Waals surface area (Å²) in [6.45, 7) is 0. The van der Waals surface area contributed by atoms with Crippen molar-refractivity contribution in [3.8, 4) is 5.75 Å². The topological polar surface area (TPSA) is 109 Å². The monoisotopic (exact) mass is 459 g/mol. The number of methoxy groups -OCH3 is 1. The van der Waals surface area contributed by atoms with Crippen LogP contribution in [0.15, 0.2) is 59.9 Å². The highest BCUT2D eigenvalue weighted by atomic mass is 35.5. The van der Waals surface area contributed by atoms with E-state index in [0.717, 1.165) is 11.1 Å². The van der Waals surface area contributed by atoms with Crippen LogP contribution in [0.1, 0.15) is 33.7 Å². The van der Waals surface area contributed by atoms with E-state index in [1.54, 1.807) is 48.8 Å². The van der Waals surface area contributed by atoms with Crippen LogP contribution in [0, 0.1) is 0 Å². The molecule has 1 amide bonds. The molecule has 2 aromatic carbocycles. The maximum atomic E-state index is 12.8. The second-order valence-corrected chi connectivity index (χ2v) is 7.90. The number of fused-ring (bicyclic) bond motifs is 2. The molecule has 0 atom stereocenters. The molecule has 4 aromatic rings. The molecular weight excluding hydrogens is 442 g/mol. The number of amides is 1. The van der Waals surface area contributed by atoms with E-state index in [1.165, 1.54) is 7.11 Å². The minimum Gasteiger partial charge on any atom is -0.494 e. The number of pyridine rings is 1. The molecule has 33 heavy (non-hydrogen) atoms. The summed E-state index contributed by atoms with van der Waals surface area (Å²) in [5.41, 5.74) is 2.65. The second kappa shape index (κ2) is 8.48. The Bertz CT molecular complexity index is 1490. The van der Waals surface area contributed by atoms with Gasteiger partial charge in [-0.05, 0) is 29.7 Å². The lowest BCUT2D eigenvalue weighted by Crippen LogP contribution is -2.14. The number of ketones is 1. The van der Waals surface area contributed by atoms with Gasteiger partial charge in [-0.2, -0.15) is 0 Å². The number of Topliss-reactive ketones (excluding diaryl/α,β-unsaturated/α-hetero) is 1. The summed E-state index contributed by atoms with van der Waals surface area (Å²) in [4.78, 5) is 41.6. The summed E-state index contributed by atoms with van der Waals surface area (Å²) in [6, 6.07) is 10.4. The summed E-state index contributed by atoms with van der Waals surface area (Å²) in [6.07, 6.45) is 6.08. The number of H-pyrrole nitrogens is 1. The maximum Gasteiger partial charge on any atom is 0.276 e. The number of halogens is 1. The van der Waals surface area contributed by atoms with Gasteiger partial charge in [0.15, 0.2) is 5.78 Å². The Kier molecular flexibility index (Phi) is 5.35. The van der Waals surface area contributed by atoms with Crippen molar-refractivity contribution < 1.29 is 14.3 Å². The molecule has 0 unspecified atom stereocenters. The molecule has 0 fully saturated rings. The fraction of sp³-hybridized carbons (Fsp3) is 0.125. The third-order valence-electron chi connectivity index (χ3n) is 5.37. The zero-order valence-corrected chi connectivity index (χ0v) is 18.3. The highest BCUT2D eigenvalue weighted by molar-refractivity contribution is 6.33. The van der Waals surface area contributed by atoms with Crippen molar-refractivity contribution >= 4 is 56.8 Å². The normalized spacial score (nSPS) is 12.8. The van der Waals surface area contributed by atoms with Gasteiger partial charge in [0.05, 0.1) is 17.6 Å². The number of allylic oxidation sites excluding steroid dienone is 1. The zero-order chi connectivity index (χ0) is 22.9. The number of benzene rings is 2. The highest BCUT2D eigenvalue weighted by Gasteiger charge is 2.18.